The van der Waals surface area contributed by atoms with Crippen molar-refractivity contribution >= 4 is 22.5 Å². The van der Waals surface area contributed by atoms with Crippen molar-refractivity contribution in [2.75, 3.05) is 0 Å². The number of benzene rings is 2. The van der Waals surface area contributed by atoms with Crippen molar-refractivity contribution in [2.45, 2.75) is 6.61 Å². The fourth-order valence-electron chi connectivity index (χ4n) is 1.96. The lowest BCUT2D eigenvalue weighted by Crippen LogP contribution is -1.89. The Hall–Kier alpha value is -2.10. The molecule has 0 spiro atoms. The van der Waals surface area contributed by atoms with Gasteiger partial charge in [0, 0.05) is 10.4 Å². The molecule has 2 aromatic carbocycles. The van der Waals surface area contributed by atoms with Crippen LogP contribution >= 0.6 is 11.6 Å². The zero-order valence-electron chi connectivity index (χ0n) is 10.6. The highest BCUT2D eigenvalue weighted by Crippen LogP contribution is 2.28. The van der Waals surface area contributed by atoms with Crippen LogP contribution in [0.25, 0.3) is 10.9 Å². The Labute approximate surface area is 121 Å². The number of para-hydroxylation sites is 1. The number of fused-ring (bicyclic) bond motifs is 1. The first kappa shape index (κ1) is 12.9. The first-order valence-corrected chi connectivity index (χ1v) is 6.56. The summed E-state index contributed by atoms with van der Waals surface area (Å²) in [5.41, 5.74) is 1.60. The summed E-state index contributed by atoms with van der Waals surface area (Å²) in [7, 11) is 0. The third-order valence-electron chi connectivity index (χ3n) is 3.00. The molecule has 0 aliphatic rings. The van der Waals surface area contributed by atoms with Gasteiger partial charge >= 0.3 is 0 Å². The highest BCUT2D eigenvalue weighted by molar-refractivity contribution is 6.31. The van der Waals surface area contributed by atoms with E-state index in [-0.39, 0.29) is 6.61 Å². The number of rotatable bonds is 3. The fourth-order valence-corrected chi connectivity index (χ4v) is 2.19. The molecule has 1 heterocycles. The minimum Gasteiger partial charge on any atom is -0.456 e. The van der Waals surface area contributed by atoms with E-state index >= 15 is 0 Å². The van der Waals surface area contributed by atoms with Crippen LogP contribution in [0.3, 0.4) is 0 Å². The summed E-state index contributed by atoms with van der Waals surface area (Å²) in [5.74, 6) is 1.26. The maximum Gasteiger partial charge on any atom is 0.146 e. The Balaban J connectivity index is 1.90. The van der Waals surface area contributed by atoms with E-state index in [2.05, 4.69) is 4.98 Å². The number of hydrogen-bond acceptors (Lipinski definition) is 3. The van der Waals surface area contributed by atoms with E-state index < -0.39 is 0 Å². The molecule has 4 heteroatoms. The molecule has 0 bridgehead atoms. The molecule has 0 saturated carbocycles. The Morgan fingerprint density at radius 2 is 1.90 bits per heavy atom. The third kappa shape index (κ3) is 2.59. The van der Waals surface area contributed by atoms with Crippen molar-refractivity contribution < 1.29 is 9.84 Å². The average molecular weight is 286 g/mol. The predicted molar refractivity (Wildman–Crippen MR) is 79.2 cm³/mol. The summed E-state index contributed by atoms with van der Waals surface area (Å²) >= 11 is 6.04. The molecule has 0 aliphatic carbocycles. The Morgan fingerprint density at radius 1 is 1.05 bits per heavy atom. The van der Waals surface area contributed by atoms with Crippen LogP contribution in [0.1, 0.15) is 5.56 Å². The predicted octanol–water partition coefficient (Wildman–Crippen LogP) is 4.17. The molecule has 20 heavy (non-hydrogen) atoms. The number of pyridine rings is 1. The first-order valence-electron chi connectivity index (χ1n) is 6.18. The number of aliphatic hydroxyl groups excluding tert-OH is 1. The van der Waals surface area contributed by atoms with Crippen LogP contribution in [0.4, 0.5) is 0 Å². The van der Waals surface area contributed by atoms with Gasteiger partial charge in [-0.1, -0.05) is 35.9 Å². The lowest BCUT2D eigenvalue weighted by molar-refractivity contribution is 0.282. The maximum absolute atomic E-state index is 9.08. The molecule has 0 saturated heterocycles. The zero-order chi connectivity index (χ0) is 13.9. The quantitative estimate of drug-likeness (QED) is 0.785. The van der Waals surface area contributed by atoms with Gasteiger partial charge in [-0.05, 0) is 29.8 Å². The lowest BCUT2D eigenvalue weighted by atomic mass is 10.2. The Bertz CT molecular complexity index is 758. The fraction of sp³-hybridized carbons (Fsp3) is 0.0625. The second-order valence-corrected chi connectivity index (χ2v) is 4.78. The van der Waals surface area contributed by atoms with Gasteiger partial charge in [-0.15, -0.1) is 0 Å². The van der Waals surface area contributed by atoms with Crippen LogP contribution < -0.4 is 4.74 Å². The third-order valence-corrected chi connectivity index (χ3v) is 3.35. The molecular formula is C16H12ClNO2. The summed E-state index contributed by atoms with van der Waals surface area (Å²) in [5, 5.41) is 10.6. The number of hydrogen-bond donors (Lipinski definition) is 1. The largest absolute Gasteiger partial charge is 0.456 e. The van der Waals surface area contributed by atoms with Crippen molar-refractivity contribution in [2.24, 2.45) is 0 Å². The number of nitrogens with zero attached hydrogens (tertiary/aromatic N) is 1. The highest BCUT2D eigenvalue weighted by atomic mass is 35.5. The highest BCUT2D eigenvalue weighted by Gasteiger charge is 2.04. The summed E-state index contributed by atoms with van der Waals surface area (Å²) in [6.45, 7) is -0.0867. The standard InChI is InChI=1S/C16H12ClNO2/c17-15-8-13(6-5-12(15)10-19)20-14-7-11-3-1-2-4-16(11)18-9-14/h1-9,19H,10H2. The molecule has 0 amide bonds. The molecule has 0 radical (unpaired) electrons. The van der Waals surface area contributed by atoms with Crippen molar-refractivity contribution in [1.29, 1.82) is 0 Å². The number of ether oxygens (including phenoxy) is 1. The minimum atomic E-state index is -0.0867. The topological polar surface area (TPSA) is 42.4 Å². The average Bonchev–Trinajstić information content (AvgIpc) is 2.47. The Kier molecular flexibility index (Phi) is 3.54. The summed E-state index contributed by atoms with van der Waals surface area (Å²) < 4.78 is 5.74. The van der Waals surface area contributed by atoms with Crippen LogP contribution in [0.2, 0.25) is 5.02 Å². The molecule has 0 fully saturated rings. The summed E-state index contributed by atoms with van der Waals surface area (Å²) in [4.78, 5) is 4.34. The molecule has 100 valence electrons. The van der Waals surface area contributed by atoms with Gasteiger partial charge in [0.2, 0.25) is 0 Å². The molecule has 0 aliphatic heterocycles. The molecule has 3 aromatic rings. The maximum atomic E-state index is 9.08. The smallest absolute Gasteiger partial charge is 0.146 e. The van der Waals surface area contributed by atoms with Gasteiger partial charge in [0.25, 0.3) is 0 Å². The zero-order valence-corrected chi connectivity index (χ0v) is 11.3. The van der Waals surface area contributed by atoms with Gasteiger partial charge in [0.1, 0.15) is 11.5 Å². The summed E-state index contributed by atoms with van der Waals surface area (Å²) in [6, 6.07) is 15.0. The summed E-state index contributed by atoms with van der Waals surface area (Å²) in [6.07, 6.45) is 1.68. The molecule has 0 unspecified atom stereocenters. The normalized spacial score (nSPS) is 10.7. The first-order chi connectivity index (χ1) is 9.76. The van der Waals surface area contributed by atoms with Gasteiger partial charge in [-0.3, -0.25) is 4.98 Å². The SMILES string of the molecule is OCc1ccc(Oc2cnc3ccccc3c2)cc1Cl. The van der Waals surface area contributed by atoms with Crippen molar-refractivity contribution in [3.05, 3.63) is 65.3 Å². The molecule has 3 rings (SSSR count). The van der Waals surface area contributed by atoms with Crippen molar-refractivity contribution in [1.82, 2.24) is 4.98 Å². The van der Waals surface area contributed by atoms with E-state index in [0.29, 0.717) is 22.1 Å². The molecule has 3 nitrogen and oxygen atoms in total. The molecule has 1 N–H and O–H groups in total. The van der Waals surface area contributed by atoms with Gasteiger partial charge in [0.05, 0.1) is 18.3 Å². The van der Waals surface area contributed by atoms with Crippen LogP contribution in [-0.4, -0.2) is 10.1 Å². The van der Waals surface area contributed by atoms with Crippen LogP contribution in [0.5, 0.6) is 11.5 Å². The van der Waals surface area contributed by atoms with E-state index in [9.17, 15) is 0 Å². The van der Waals surface area contributed by atoms with Crippen LogP contribution in [-0.2, 0) is 6.61 Å². The van der Waals surface area contributed by atoms with E-state index in [1.165, 1.54) is 0 Å². The van der Waals surface area contributed by atoms with Gasteiger partial charge in [0.15, 0.2) is 0 Å². The second-order valence-electron chi connectivity index (χ2n) is 4.38. The van der Waals surface area contributed by atoms with E-state index in [1.54, 1.807) is 24.4 Å². The van der Waals surface area contributed by atoms with E-state index in [1.807, 2.05) is 30.3 Å². The molecule has 0 atom stereocenters. The Morgan fingerprint density at radius 3 is 2.70 bits per heavy atom. The number of aliphatic hydroxyl groups is 1. The van der Waals surface area contributed by atoms with E-state index in [4.69, 9.17) is 21.4 Å². The van der Waals surface area contributed by atoms with Crippen molar-refractivity contribution in [3.8, 4) is 11.5 Å². The number of halogens is 1. The lowest BCUT2D eigenvalue weighted by Gasteiger charge is -2.08. The minimum absolute atomic E-state index is 0.0867. The number of aromatic nitrogens is 1. The molecular weight excluding hydrogens is 274 g/mol. The van der Waals surface area contributed by atoms with E-state index in [0.717, 1.165) is 10.9 Å². The monoisotopic (exact) mass is 285 g/mol. The van der Waals surface area contributed by atoms with Gasteiger partial charge < -0.3 is 9.84 Å². The van der Waals surface area contributed by atoms with Gasteiger partial charge in [-0.25, -0.2) is 0 Å². The van der Waals surface area contributed by atoms with Gasteiger partial charge in [-0.2, -0.15) is 0 Å². The van der Waals surface area contributed by atoms with Crippen LogP contribution in [0.15, 0.2) is 54.7 Å². The molecule has 1 aromatic heterocycles. The van der Waals surface area contributed by atoms with Crippen molar-refractivity contribution in [3.63, 3.8) is 0 Å². The second kappa shape index (κ2) is 5.49. The van der Waals surface area contributed by atoms with Crippen LogP contribution in [0, 0.1) is 0 Å².